The third-order valence-corrected chi connectivity index (χ3v) is 4.90. The Bertz CT molecular complexity index is 651. The van der Waals surface area contributed by atoms with Crippen LogP contribution in [0.5, 0.6) is 0 Å². The number of carbonyl (C=O) groups excluding carboxylic acids is 1. The number of nitrogens with one attached hydrogen (secondary N) is 1. The Morgan fingerprint density at radius 3 is 2.81 bits per heavy atom. The smallest absolute Gasteiger partial charge is 0.255 e. The summed E-state index contributed by atoms with van der Waals surface area (Å²) in [5, 5.41) is 0.550. The summed E-state index contributed by atoms with van der Waals surface area (Å²) in [6.45, 7) is 0.997. The van der Waals surface area contributed by atoms with Crippen molar-refractivity contribution >= 4 is 43.5 Å². The summed E-state index contributed by atoms with van der Waals surface area (Å²) in [6.07, 6.45) is 2.63. The molecule has 2 rings (SSSR count). The van der Waals surface area contributed by atoms with Crippen molar-refractivity contribution < 1.29 is 13.2 Å². The first-order valence-electron chi connectivity index (χ1n) is 6.48. The molecule has 1 aliphatic rings. The summed E-state index contributed by atoms with van der Waals surface area (Å²) in [6, 6.07) is 4.77. The molecule has 0 spiro atoms. The number of piperidine rings is 1. The topological polar surface area (TPSA) is 66.5 Å². The van der Waals surface area contributed by atoms with Crippen molar-refractivity contribution in [1.29, 1.82) is 0 Å². The van der Waals surface area contributed by atoms with Gasteiger partial charge in [-0.3, -0.25) is 4.79 Å². The largest absolute Gasteiger partial charge is 0.337 e. The molecule has 1 saturated heterocycles. The second kappa shape index (κ2) is 6.64. The highest BCUT2D eigenvalue weighted by atomic mass is 79.9. The maximum absolute atomic E-state index is 12.5. The van der Waals surface area contributed by atoms with Crippen LogP contribution in [-0.2, 0) is 10.0 Å². The van der Waals surface area contributed by atoms with Crippen molar-refractivity contribution in [2.24, 2.45) is 0 Å². The minimum absolute atomic E-state index is 0.126. The maximum Gasteiger partial charge on any atom is 0.255 e. The number of sulfonamides is 1. The van der Waals surface area contributed by atoms with Crippen LogP contribution in [0.4, 0.5) is 0 Å². The normalized spacial score (nSPS) is 19.6. The fourth-order valence-corrected chi connectivity index (χ4v) is 4.04. The molecule has 0 bridgehead atoms. The maximum atomic E-state index is 12.5. The van der Waals surface area contributed by atoms with E-state index in [-0.39, 0.29) is 11.9 Å². The fourth-order valence-electron chi connectivity index (χ4n) is 2.39. The highest BCUT2D eigenvalue weighted by Crippen LogP contribution is 2.24. The van der Waals surface area contributed by atoms with Crippen molar-refractivity contribution in [1.82, 2.24) is 9.62 Å². The molecule has 1 heterocycles. The molecule has 1 amide bonds. The van der Waals surface area contributed by atoms with E-state index in [4.69, 9.17) is 11.6 Å². The van der Waals surface area contributed by atoms with Crippen LogP contribution in [0, 0.1) is 0 Å². The minimum atomic E-state index is -3.27. The predicted molar refractivity (Wildman–Crippen MR) is 86.1 cm³/mol. The lowest BCUT2D eigenvalue weighted by Gasteiger charge is -2.33. The number of benzene rings is 1. The Balaban J connectivity index is 2.12. The van der Waals surface area contributed by atoms with Gasteiger partial charge in [0.25, 0.3) is 5.91 Å². The molecule has 0 aliphatic carbocycles. The first-order valence-corrected chi connectivity index (χ1v) is 9.54. The zero-order chi connectivity index (χ0) is 15.6. The molecule has 8 heteroatoms. The zero-order valence-electron chi connectivity index (χ0n) is 11.5. The van der Waals surface area contributed by atoms with Gasteiger partial charge in [-0.15, -0.1) is 0 Å². The van der Waals surface area contributed by atoms with Gasteiger partial charge in [0.1, 0.15) is 0 Å². The van der Waals surface area contributed by atoms with Gasteiger partial charge in [0.05, 0.1) is 11.8 Å². The third-order valence-electron chi connectivity index (χ3n) is 3.25. The van der Waals surface area contributed by atoms with Gasteiger partial charge >= 0.3 is 0 Å². The lowest BCUT2D eigenvalue weighted by Crippen LogP contribution is -2.49. The van der Waals surface area contributed by atoms with Crippen molar-refractivity contribution in [2.45, 2.75) is 18.9 Å². The summed E-state index contributed by atoms with van der Waals surface area (Å²) in [4.78, 5) is 14.2. The first kappa shape index (κ1) is 16.7. The van der Waals surface area contributed by atoms with Gasteiger partial charge in [-0.05, 0) is 47.0 Å². The molecular formula is C13H16BrClN2O3S. The molecule has 1 aromatic rings. The van der Waals surface area contributed by atoms with Crippen molar-refractivity contribution in [3.63, 3.8) is 0 Å². The van der Waals surface area contributed by atoms with E-state index in [1.807, 2.05) is 0 Å². The average Bonchev–Trinajstić information content (AvgIpc) is 2.36. The lowest BCUT2D eigenvalue weighted by atomic mass is 10.1. The molecule has 5 nitrogen and oxygen atoms in total. The second-order valence-electron chi connectivity index (χ2n) is 5.10. The van der Waals surface area contributed by atoms with E-state index in [2.05, 4.69) is 20.7 Å². The molecule has 116 valence electrons. The number of likely N-dealkylation sites (tertiary alicyclic amines) is 1. The molecule has 1 unspecified atom stereocenters. The molecule has 0 saturated carbocycles. The highest BCUT2D eigenvalue weighted by molar-refractivity contribution is 9.10. The van der Waals surface area contributed by atoms with E-state index in [1.165, 1.54) is 0 Å². The molecule has 1 atom stereocenters. The Morgan fingerprint density at radius 2 is 2.19 bits per heavy atom. The fraction of sp³-hybridized carbons (Fsp3) is 0.462. The molecule has 21 heavy (non-hydrogen) atoms. The second-order valence-corrected chi connectivity index (χ2v) is 8.18. The van der Waals surface area contributed by atoms with Gasteiger partial charge in [0.15, 0.2) is 0 Å². The van der Waals surface area contributed by atoms with Crippen molar-refractivity contribution in [3.8, 4) is 0 Å². The minimum Gasteiger partial charge on any atom is -0.337 e. The molecule has 1 aromatic carbocycles. The van der Waals surface area contributed by atoms with Crippen molar-refractivity contribution in [3.05, 3.63) is 33.3 Å². The summed E-state index contributed by atoms with van der Waals surface area (Å²) >= 11 is 9.21. The van der Waals surface area contributed by atoms with Crippen LogP contribution in [0.15, 0.2) is 22.7 Å². The molecule has 1 fully saturated rings. The quantitative estimate of drug-likeness (QED) is 0.853. The number of halogens is 2. The Labute approximate surface area is 137 Å². The van der Waals surface area contributed by atoms with Gasteiger partial charge in [0.2, 0.25) is 10.0 Å². The van der Waals surface area contributed by atoms with Gasteiger partial charge < -0.3 is 4.90 Å². The monoisotopic (exact) mass is 394 g/mol. The number of carbonyl (C=O) groups is 1. The van der Waals surface area contributed by atoms with E-state index < -0.39 is 10.0 Å². The Morgan fingerprint density at radius 1 is 1.48 bits per heavy atom. The molecule has 0 radical (unpaired) electrons. The number of hydrogen-bond acceptors (Lipinski definition) is 3. The van der Waals surface area contributed by atoms with Gasteiger partial charge in [-0.1, -0.05) is 11.6 Å². The van der Waals surface area contributed by atoms with E-state index in [1.54, 1.807) is 23.1 Å². The summed E-state index contributed by atoms with van der Waals surface area (Å²) in [5.74, 6) is -0.126. The van der Waals surface area contributed by atoms with Crippen LogP contribution >= 0.6 is 27.5 Å². The SMILES string of the molecule is CS(=O)(=O)NC1CCCN(C(=O)c2ccc(Cl)cc2Br)C1. The standard InChI is InChI=1S/C13H16BrClN2O3S/c1-21(19,20)16-10-3-2-6-17(8-10)13(18)11-5-4-9(15)7-12(11)14/h4-5,7,10,16H,2-3,6,8H2,1H3. The summed E-state index contributed by atoms with van der Waals surface area (Å²) < 4.78 is 25.8. The van der Waals surface area contributed by atoms with E-state index >= 15 is 0 Å². The number of nitrogens with zero attached hydrogens (tertiary/aromatic N) is 1. The number of rotatable bonds is 3. The Kier molecular flexibility index (Phi) is 5.29. The van der Waals surface area contributed by atoms with Crippen LogP contribution < -0.4 is 4.72 Å². The molecule has 1 aliphatic heterocycles. The molecular weight excluding hydrogens is 380 g/mol. The molecule has 0 aromatic heterocycles. The van der Waals surface area contributed by atoms with E-state index in [9.17, 15) is 13.2 Å². The van der Waals surface area contributed by atoms with Gasteiger partial charge in [-0.2, -0.15) is 0 Å². The predicted octanol–water partition coefficient (Wildman–Crippen LogP) is 2.26. The van der Waals surface area contributed by atoms with Gasteiger partial charge in [-0.25, -0.2) is 13.1 Å². The molecule has 1 N–H and O–H groups in total. The van der Waals surface area contributed by atoms with Crippen LogP contribution in [0.1, 0.15) is 23.2 Å². The Hall–Kier alpha value is -0.630. The van der Waals surface area contributed by atoms with Crippen LogP contribution in [-0.4, -0.2) is 44.6 Å². The van der Waals surface area contributed by atoms with Crippen LogP contribution in [0.25, 0.3) is 0 Å². The summed E-state index contributed by atoms with van der Waals surface area (Å²) in [7, 11) is -3.27. The lowest BCUT2D eigenvalue weighted by molar-refractivity contribution is 0.0702. The van der Waals surface area contributed by atoms with Gasteiger partial charge in [0, 0.05) is 28.6 Å². The van der Waals surface area contributed by atoms with E-state index in [0.29, 0.717) is 28.1 Å². The first-order chi connectivity index (χ1) is 9.76. The third kappa shape index (κ3) is 4.67. The number of amides is 1. The van der Waals surface area contributed by atoms with Crippen LogP contribution in [0.3, 0.4) is 0 Å². The van der Waals surface area contributed by atoms with Crippen LogP contribution in [0.2, 0.25) is 5.02 Å². The zero-order valence-corrected chi connectivity index (χ0v) is 14.6. The number of hydrogen-bond donors (Lipinski definition) is 1. The highest BCUT2D eigenvalue weighted by Gasteiger charge is 2.27. The summed E-state index contributed by atoms with van der Waals surface area (Å²) in [5.41, 5.74) is 0.527. The van der Waals surface area contributed by atoms with Crippen molar-refractivity contribution in [2.75, 3.05) is 19.3 Å². The van der Waals surface area contributed by atoms with E-state index in [0.717, 1.165) is 19.1 Å². The average molecular weight is 396 g/mol.